The van der Waals surface area contributed by atoms with Gasteiger partial charge in [-0.15, -0.1) is 0 Å². The molecule has 7 amide bonds. The van der Waals surface area contributed by atoms with Crippen LogP contribution in [0.2, 0.25) is 0 Å². The van der Waals surface area contributed by atoms with Crippen molar-refractivity contribution in [1.82, 2.24) is 30.0 Å². The molecule has 2 saturated heterocycles. The highest BCUT2D eigenvalue weighted by Gasteiger charge is 2.57. The minimum absolute atomic E-state index is 0. The van der Waals surface area contributed by atoms with Gasteiger partial charge in [0.2, 0.25) is 0 Å². The number of halogens is 4. The van der Waals surface area contributed by atoms with E-state index in [0.717, 1.165) is 43.2 Å². The first-order chi connectivity index (χ1) is 28.8. The van der Waals surface area contributed by atoms with Crippen molar-refractivity contribution in [1.29, 1.82) is 0 Å². The predicted octanol–water partition coefficient (Wildman–Crippen LogP) is 6.29. The van der Waals surface area contributed by atoms with Gasteiger partial charge in [-0.05, 0) is 92.0 Å². The Morgan fingerprint density at radius 3 is 1.76 bits per heavy atom. The summed E-state index contributed by atoms with van der Waals surface area (Å²) in [7, 11) is 0. The van der Waals surface area contributed by atoms with Crippen LogP contribution in [0.3, 0.4) is 0 Å². The number of ether oxygens (including phenoxy) is 1. The van der Waals surface area contributed by atoms with Gasteiger partial charge in [0.25, 0.3) is 22.9 Å². The summed E-state index contributed by atoms with van der Waals surface area (Å²) in [5.74, 6) is -5.79. The van der Waals surface area contributed by atoms with Gasteiger partial charge in [-0.2, -0.15) is 4.90 Å². The van der Waals surface area contributed by atoms with Crippen molar-refractivity contribution in [2.45, 2.75) is 91.6 Å². The Labute approximate surface area is 354 Å². The number of nitrogens with one attached hydrogen (secondary N) is 3. The number of benzene rings is 2. The molecular weight excluding hydrogens is 817 g/mol. The van der Waals surface area contributed by atoms with Gasteiger partial charge in [-0.3, -0.25) is 24.5 Å². The Hall–Kier alpha value is -6.59. The van der Waals surface area contributed by atoms with E-state index in [1.807, 2.05) is 13.8 Å². The number of nitrogens with zero attached hydrogens (tertiary/aromatic N) is 3. The lowest BCUT2D eigenvalue weighted by Crippen LogP contribution is -2.50. The molecular formula is C44H48F4N6O8. The highest BCUT2D eigenvalue weighted by Crippen LogP contribution is 2.37. The quantitative estimate of drug-likeness (QED) is 0.137. The third-order valence-electron chi connectivity index (χ3n) is 11.5. The SMILES string of the molecule is C.Cc1cccn(CC2(c3ccc(F)c(F)c3)NC(=O)N(C(=O)O[C@@H]3C[C@H](C)CC[C@H]3C(C)C)C2=O)c1=O.Cc1cccn(CC2(c3ccc(F)c(F)c3)NC(=O)NC2=O)c1=O. The van der Waals surface area contributed by atoms with Crippen LogP contribution in [-0.2, 0) is 38.5 Å². The molecule has 2 unspecified atom stereocenters. The molecule has 0 spiro atoms. The molecule has 3 aliphatic rings. The van der Waals surface area contributed by atoms with E-state index in [2.05, 4.69) is 22.9 Å². The maximum absolute atomic E-state index is 14.3. The van der Waals surface area contributed by atoms with E-state index in [9.17, 15) is 51.1 Å². The van der Waals surface area contributed by atoms with Crippen LogP contribution < -0.4 is 27.1 Å². The Bertz CT molecular complexity index is 2540. The van der Waals surface area contributed by atoms with Gasteiger partial charge in [0, 0.05) is 23.5 Å². The van der Waals surface area contributed by atoms with Crippen LogP contribution in [-0.4, -0.2) is 50.1 Å². The molecule has 14 nitrogen and oxygen atoms in total. The predicted molar refractivity (Wildman–Crippen MR) is 217 cm³/mol. The molecule has 2 aromatic carbocycles. The number of carbonyl (C=O) groups is 5. The molecule has 0 bridgehead atoms. The second-order valence-corrected chi connectivity index (χ2v) is 16.0. The first kappa shape index (κ1) is 46.5. The molecule has 1 aliphatic carbocycles. The maximum Gasteiger partial charge on any atom is 0.425 e. The fraction of sp³-hybridized carbons (Fsp3) is 0.386. The Kier molecular flexibility index (Phi) is 13.6. The summed E-state index contributed by atoms with van der Waals surface area (Å²) in [6.07, 6.45) is 3.70. The summed E-state index contributed by atoms with van der Waals surface area (Å²) in [5.41, 5.74) is -3.79. The number of imide groups is 4. The fourth-order valence-corrected chi connectivity index (χ4v) is 8.06. The molecule has 3 N–H and O–H groups in total. The number of pyridine rings is 2. The normalized spacial score (nSPS) is 23.2. The highest BCUT2D eigenvalue weighted by atomic mass is 19.2. The summed E-state index contributed by atoms with van der Waals surface area (Å²) < 4.78 is 63.0. The average Bonchev–Trinajstić information content (AvgIpc) is 3.63. The molecule has 4 aromatic rings. The summed E-state index contributed by atoms with van der Waals surface area (Å²) in [6, 6.07) is 10.2. The van der Waals surface area contributed by atoms with E-state index in [0.29, 0.717) is 28.4 Å². The zero-order valence-electron chi connectivity index (χ0n) is 33.9. The maximum atomic E-state index is 14.3. The fourth-order valence-electron chi connectivity index (χ4n) is 8.06. The van der Waals surface area contributed by atoms with Crippen LogP contribution in [0.25, 0.3) is 0 Å². The second kappa shape index (κ2) is 18.2. The summed E-state index contributed by atoms with van der Waals surface area (Å²) in [5, 5.41) is 6.97. The number of hydrogen-bond donors (Lipinski definition) is 3. The van der Waals surface area contributed by atoms with E-state index in [4.69, 9.17) is 4.74 Å². The average molecular weight is 865 g/mol. The standard InChI is InChI=1S/C27H31F2N3O5.C16H13F2N3O3.CH4/c1-15(2)19-9-7-16(3)12-22(19)37-26(36)32-24(34)27(30-25(32)35,18-8-10-20(28)21(29)13-18)14-31-11-5-6-17(4)23(31)33;1-9-3-2-6-21(13(9)22)8-16(14(23)19-15(24)20-16)10-4-5-11(17)12(18)7-10;/h5-6,8,10-11,13,15-16,19,22H,7,9,12,14H2,1-4H3,(H,30,35);2-7H,8H2,1H3,(H2,19,20,23,24);1H4/t16-,19+,22-,27?;;/m1../s1. The smallest absolute Gasteiger partial charge is 0.425 e. The zero-order valence-corrected chi connectivity index (χ0v) is 33.9. The number of rotatable bonds is 8. The van der Waals surface area contributed by atoms with Crippen molar-refractivity contribution in [3.63, 3.8) is 0 Å². The molecule has 0 radical (unpaired) electrons. The Morgan fingerprint density at radius 2 is 1.27 bits per heavy atom. The Morgan fingerprint density at radius 1 is 0.758 bits per heavy atom. The number of amides is 7. The van der Waals surface area contributed by atoms with Crippen LogP contribution in [0.15, 0.2) is 82.6 Å². The Balaban J connectivity index is 0.000000251. The number of aryl methyl sites for hydroxylation is 2. The molecule has 18 heteroatoms. The van der Waals surface area contributed by atoms with Crippen molar-refractivity contribution in [3.05, 3.63) is 139 Å². The number of carbonyl (C=O) groups excluding carboxylic acids is 5. The van der Waals surface area contributed by atoms with Gasteiger partial charge in [0.15, 0.2) is 34.3 Å². The van der Waals surface area contributed by atoms with Gasteiger partial charge in [0.05, 0.1) is 13.1 Å². The molecule has 2 aliphatic heterocycles. The minimum Gasteiger partial charge on any atom is -0.445 e. The lowest BCUT2D eigenvalue weighted by Gasteiger charge is -2.37. The van der Waals surface area contributed by atoms with E-state index in [1.165, 1.54) is 27.6 Å². The number of hydrogen-bond acceptors (Lipinski definition) is 8. The zero-order chi connectivity index (χ0) is 44.6. The van der Waals surface area contributed by atoms with E-state index >= 15 is 0 Å². The van der Waals surface area contributed by atoms with Crippen molar-refractivity contribution < 1.29 is 46.3 Å². The summed E-state index contributed by atoms with van der Waals surface area (Å²) >= 11 is 0. The molecule has 2 aromatic heterocycles. The van der Waals surface area contributed by atoms with E-state index < -0.39 is 82.5 Å². The van der Waals surface area contributed by atoms with E-state index in [-0.39, 0.29) is 42.5 Å². The van der Waals surface area contributed by atoms with Gasteiger partial charge >= 0.3 is 18.2 Å². The topological polar surface area (TPSA) is 178 Å². The molecule has 3 fully saturated rings. The first-order valence-corrected chi connectivity index (χ1v) is 19.5. The summed E-state index contributed by atoms with van der Waals surface area (Å²) in [4.78, 5) is 89.5. The molecule has 62 heavy (non-hydrogen) atoms. The molecule has 4 heterocycles. The van der Waals surface area contributed by atoms with Gasteiger partial charge < -0.3 is 24.5 Å². The lowest BCUT2D eigenvalue weighted by molar-refractivity contribution is -0.131. The van der Waals surface area contributed by atoms with Crippen molar-refractivity contribution in [2.24, 2.45) is 17.8 Å². The van der Waals surface area contributed by atoms with Gasteiger partial charge in [-0.1, -0.05) is 58.9 Å². The van der Waals surface area contributed by atoms with Crippen LogP contribution in [0, 0.1) is 54.9 Å². The summed E-state index contributed by atoms with van der Waals surface area (Å²) in [6.45, 7) is 8.61. The lowest BCUT2D eigenvalue weighted by atomic mass is 9.75. The van der Waals surface area contributed by atoms with Crippen molar-refractivity contribution in [2.75, 3.05) is 0 Å². The largest absolute Gasteiger partial charge is 0.445 e. The minimum atomic E-state index is -2.04. The second-order valence-electron chi connectivity index (χ2n) is 16.0. The van der Waals surface area contributed by atoms with Crippen molar-refractivity contribution >= 4 is 30.0 Å². The van der Waals surface area contributed by atoms with Crippen molar-refractivity contribution in [3.8, 4) is 0 Å². The van der Waals surface area contributed by atoms with Crippen LogP contribution in [0.1, 0.15) is 69.7 Å². The third kappa shape index (κ3) is 8.90. The van der Waals surface area contributed by atoms with Crippen LogP contribution >= 0.6 is 0 Å². The molecule has 5 atom stereocenters. The number of aromatic nitrogens is 2. The van der Waals surface area contributed by atoms with Crippen LogP contribution in [0.5, 0.6) is 0 Å². The highest BCUT2D eigenvalue weighted by molar-refractivity contribution is 6.17. The van der Waals surface area contributed by atoms with Gasteiger partial charge in [0.1, 0.15) is 6.10 Å². The third-order valence-corrected chi connectivity index (χ3v) is 11.5. The molecule has 7 rings (SSSR count). The first-order valence-electron chi connectivity index (χ1n) is 19.5. The van der Waals surface area contributed by atoms with Crippen LogP contribution in [0.4, 0.5) is 31.9 Å². The van der Waals surface area contributed by atoms with Gasteiger partial charge in [-0.25, -0.2) is 31.9 Å². The monoisotopic (exact) mass is 864 g/mol. The number of urea groups is 2. The molecule has 1 saturated carbocycles. The van der Waals surface area contributed by atoms with E-state index in [1.54, 1.807) is 38.1 Å². The molecule has 330 valence electrons.